The summed E-state index contributed by atoms with van der Waals surface area (Å²) >= 11 is 0. The third-order valence-electron chi connectivity index (χ3n) is 2.51. The summed E-state index contributed by atoms with van der Waals surface area (Å²) in [4.78, 5) is 3.97. The molecule has 0 heterocycles. The molecule has 0 amide bonds. The van der Waals surface area contributed by atoms with Gasteiger partial charge in [0.2, 0.25) is 0 Å². The van der Waals surface area contributed by atoms with Crippen LogP contribution in [-0.2, 0) is 6.54 Å². The Hall–Kier alpha value is -2.00. The number of nitrogens with two attached hydrogens (primary N) is 2. The van der Waals surface area contributed by atoms with Gasteiger partial charge in [-0.1, -0.05) is 54.6 Å². The Labute approximate surface area is 113 Å². The number of aliphatic imine (C=N–C) groups is 1. The van der Waals surface area contributed by atoms with Crippen molar-refractivity contribution in [3.05, 3.63) is 60.2 Å². The third-order valence-corrected chi connectivity index (χ3v) is 2.51. The second-order valence-corrected chi connectivity index (χ2v) is 3.80. The highest BCUT2D eigenvalue weighted by molar-refractivity contribution is 5.85. The van der Waals surface area contributed by atoms with Crippen molar-refractivity contribution in [1.82, 2.24) is 0 Å². The van der Waals surface area contributed by atoms with Crippen LogP contribution in [0.5, 0.6) is 0 Å². The lowest BCUT2D eigenvalue weighted by atomic mass is 10.0. The van der Waals surface area contributed by atoms with Gasteiger partial charge in [-0.2, -0.15) is 0 Å². The SMILES string of the molecule is Cl.NC(N)=NCc1ccc(-c2ccccc2)cc1. The molecule has 0 saturated carbocycles. The number of rotatable bonds is 3. The Morgan fingerprint density at radius 3 is 1.94 bits per heavy atom. The average molecular weight is 262 g/mol. The Morgan fingerprint density at radius 1 is 0.833 bits per heavy atom. The fourth-order valence-electron chi connectivity index (χ4n) is 1.62. The fourth-order valence-corrected chi connectivity index (χ4v) is 1.62. The standard InChI is InChI=1S/C14H15N3.ClH/c15-14(16)17-10-11-6-8-13(9-7-11)12-4-2-1-3-5-12;/h1-9H,10H2,(H4,15,16,17);1H. The van der Waals surface area contributed by atoms with Crippen LogP contribution in [0.1, 0.15) is 5.56 Å². The van der Waals surface area contributed by atoms with E-state index in [0.717, 1.165) is 5.56 Å². The molecule has 94 valence electrons. The van der Waals surface area contributed by atoms with Gasteiger partial charge in [-0.15, -0.1) is 12.4 Å². The highest BCUT2D eigenvalue weighted by Gasteiger charge is 1.96. The monoisotopic (exact) mass is 261 g/mol. The molecule has 2 aromatic rings. The van der Waals surface area contributed by atoms with E-state index in [0.29, 0.717) is 6.54 Å². The molecule has 2 aromatic carbocycles. The van der Waals surface area contributed by atoms with E-state index in [1.54, 1.807) is 0 Å². The molecule has 0 spiro atoms. The molecule has 0 aliphatic rings. The summed E-state index contributed by atoms with van der Waals surface area (Å²) < 4.78 is 0. The predicted octanol–water partition coefficient (Wildman–Crippen LogP) is 2.55. The molecular weight excluding hydrogens is 246 g/mol. The van der Waals surface area contributed by atoms with Crippen LogP contribution in [0.4, 0.5) is 0 Å². The molecule has 0 saturated heterocycles. The minimum absolute atomic E-state index is 0. The zero-order chi connectivity index (χ0) is 12.1. The molecule has 0 bridgehead atoms. The Balaban J connectivity index is 0.00000162. The van der Waals surface area contributed by atoms with E-state index in [1.807, 2.05) is 30.3 Å². The highest BCUT2D eigenvalue weighted by Crippen LogP contribution is 2.19. The smallest absolute Gasteiger partial charge is 0.186 e. The first-order chi connectivity index (χ1) is 8.25. The minimum Gasteiger partial charge on any atom is -0.370 e. The predicted molar refractivity (Wildman–Crippen MR) is 78.6 cm³/mol. The summed E-state index contributed by atoms with van der Waals surface area (Å²) in [7, 11) is 0. The van der Waals surface area contributed by atoms with E-state index >= 15 is 0 Å². The van der Waals surface area contributed by atoms with E-state index in [4.69, 9.17) is 11.5 Å². The maximum Gasteiger partial charge on any atom is 0.186 e. The minimum atomic E-state index is 0. The van der Waals surface area contributed by atoms with Crippen molar-refractivity contribution < 1.29 is 0 Å². The molecule has 0 atom stereocenters. The van der Waals surface area contributed by atoms with Gasteiger partial charge < -0.3 is 11.5 Å². The average Bonchev–Trinajstić information content (AvgIpc) is 2.38. The van der Waals surface area contributed by atoms with Crippen LogP contribution in [0.25, 0.3) is 11.1 Å². The van der Waals surface area contributed by atoms with Crippen molar-refractivity contribution in [2.24, 2.45) is 16.5 Å². The molecule has 3 nitrogen and oxygen atoms in total. The van der Waals surface area contributed by atoms with Gasteiger partial charge in [-0.05, 0) is 16.7 Å². The van der Waals surface area contributed by atoms with Crippen molar-refractivity contribution in [1.29, 1.82) is 0 Å². The Kier molecular flexibility index (Phi) is 5.21. The summed E-state index contributed by atoms with van der Waals surface area (Å²) in [5, 5.41) is 0. The van der Waals surface area contributed by atoms with Gasteiger partial charge in [0.25, 0.3) is 0 Å². The van der Waals surface area contributed by atoms with Gasteiger partial charge in [0.15, 0.2) is 5.96 Å². The summed E-state index contributed by atoms with van der Waals surface area (Å²) in [5.41, 5.74) is 14.1. The maximum absolute atomic E-state index is 5.29. The summed E-state index contributed by atoms with van der Waals surface area (Å²) in [6.07, 6.45) is 0. The van der Waals surface area contributed by atoms with Crippen LogP contribution >= 0.6 is 12.4 Å². The molecule has 0 unspecified atom stereocenters. The van der Waals surface area contributed by atoms with Gasteiger partial charge in [0.1, 0.15) is 0 Å². The fraction of sp³-hybridized carbons (Fsp3) is 0.0714. The second kappa shape index (κ2) is 6.67. The van der Waals surface area contributed by atoms with Crippen molar-refractivity contribution in [3.63, 3.8) is 0 Å². The van der Waals surface area contributed by atoms with Crippen LogP contribution in [0.3, 0.4) is 0 Å². The van der Waals surface area contributed by atoms with Gasteiger partial charge in [0.05, 0.1) is 6.54 Å². The molecule has 0 aliphatic heterocycles. The molecule has 4 N–H and O–H groups in total. The lowest BCUT2D eigenvalue weighted by Crippen LogP contribution is -2.22. The van der Waals surface area contributed by atoms with Crippen molar-refractivity contribution >= 4 is 18.4 Å². The topological polar surface area (TPSA) is 64.4 Å². The normalized spacial score (nSPS) is 9.33. The lowest BCUT2D eigenvalue weighted by Gasteiger charge is -2.02. The molecule has 0 fully saturated rings. The largest absolute Gasteiger partial charge is 0.370 e. The van der Waals surface area contributed by atoms with Crippen LogP contribution in [0.2, 0.25) is 0 Å². The van der Waals surface area contributed by atoms with Crippen LogP contribution in [0.15, 0.2) is 59.6 Å². The molecule has 2 rings (SSSR count). The van der Waals surface area contributed by atoms with Crippen molar-refractivity contribution in [2.45, 2.75) is 6.54 Å². The summed E-state index contributed by atoms with van der Waals surface area (Å²) in [6.45, 7) is 0.525. The number of benzene rings is 2. The van der Waals surface area contributed by atoms with Crippen LogP contribution in [-0.4, -0.2) is 5.96 Å². The zero-order valence-electron chi connectivity index (χ0n) is 9.91. The van der Waals surface area contributed by atoms with E-state index < -0.39 is 0 Å². The van der Waals surface area contributed by atoms with Gasteiger partial charge in [0, 0.05) is 0 Å². The van der Waals surface area contributed by atoms with Gasteiger partial charge in [-0.3, -0.25) is 0 Å². The second-order valence-electron chi connectivity index (χ2n) is 3.80. The van der Waals surface area contributed by atoms with Crippen molar-refractivity contribution in [3.8, 4) is 11.1 Å². The summed E-state index contributed by atoms with van der Waals surface area (Å²) in [5.74, 6) is 0.122. The molecule has 0 radical (unpaired) electrons. The third kappa shape index (κ3) is 3.79. The van der Waals surface area contributed by atoms with Gasteiger partial charge in [-0.25, -0.2) is 4.99 Å². The number of hydrogen-bond donors (Lipinski definition) is 2. The lowest BCUT2D eigenvalue weighted by molar-refractivity contribution is 1.05. The first kappa shape index (κ1) is 14.1. The molecule has 4 heteroatoms. The van der Waals surface area contributed by atoms with Gasteiger partial charge >= 0.3 is 0 Å². The molecule has 18 heavy (non-hydrogen) atoms. The van der Waals surface area contributed by atoms with Crippen molar-refractivity contribution in [2.75, 3.05) is 0 Å². The summed E-state index contributed by atoms with van der Waals surface area (Å²) in [6, 6.07) is 18.5. The zero-order valence-corrected chi connectivity index (χ0v) is 10.7. The Morgan fingerprint density at radius 2 is 1.39 bits per heavy atom. The first-order valence-electron chi connectivity index (χ1n) is 5.45. The number of halogens is 1. The molecular formula is C14H16ClN3. The number of hydrogen-bond acceptors (Lipinski definition) is 1. The van der Waals surface area contributed by atoms with E-state index in [-0.39, 0.29) is 18.4 Å². The van der Waals surface area contributed by atoms with Crippen LogP contribution in [0, 0.1) is 0 Å². The number of nitrogens with zero attached hydrogens (tertiary/aromatic N) is 1. The number of guanidine groups is 1. The molecule has 0 aliphatic carbocycles. The first-order valence-corrected chi connectivity index (χ1v) is 5.45. The van der Waals surface area contributed by atoms with E-state index in [2.05, 4.69) is 29.3 Å². The van der Waals surface area contributed by atoms with E-state index in [9.17, 15) is 0 Å². The van der Waals surface area contributed by atoms with Crippen LogP contribution < -0.4 is 11.5 Å². The quantitative estimate of drug-likeness (QED) is 0.659. The van der Waals surface area contributed by atoms with E-state index in [1.165, 1.54) is 11.1 Å². The molecule has 0 aromatic heterocycles. The highest BCUT2D eigenvalue weighted by atomic mass is 35.5. The maximum atomic E-state index is 5.29. The Bertz CT molecular complexity index is 502.